The van der Waals surface area contributed by atoms with Crippen LogP contribution >= 0.6 is 0 Å². The minimum atomic E-state index is -0.00887. The van der Waals surface area contributed by atoms with Crippen LogP contribution in [-0.2, 0) is 0 Å². The summed E-state index contributed by atoms with van der Waals surface area (Å²) in [6, 6.07) is 3.71. The maximum atomic E-state index is 12.4. The first kappa shape index (κ1) is 14.8. The van der Waals surface area contributed by atoms with E-state index in [1.807, 2.05) is 17.9 Å². The Kier molecular flexibility index (Phi) is 4.27. The molecule has 2 aliphatic heterocycles. The highest BCUT2D eigenvalue weighted by molar-refractivity contribution is 5.94. The first-order chi connectivity index (χ1) is 10.6. The number of carbonyl (C=O) groups excluding carboxylic acids is 2. The van der Waals surface area contributed by atoms with Gasteiger partial charge in [-0.2, -0.15) is 0 Å². The Morgan fingerprint density at radius 2 is 1.95 bits per heavy atom. The van der Waals surface area contributed by atoms with Crippen molar-refractivity contribution in [1.82, 2.24) is 20.1 Å². The maximum Gasteiger partial charge on any atom is 0.317 e. The second kappa shape index (κ2) is 6.34. The van der Waals surface area contributed by atoms with Crippen molar-refractivity contribution in [3.8, 4) is 0 Å². The topological polar surface area (TPSA) is 65.5 Å². The van der Waals surface area contributed by atoms with Gasteiger partial charge >= 0.3 is 6.03 Å². The highest BCUT2D eigenvalue weighted by atomic mass is 16.2. The van der Waals surface area contributed by atoms with Crippen LogP contribution < -0.4 is 5.32 Å². The number of aromatic nitrogens is 1. The monoisotopic (exact) mass is 302 g/mol. The quantitative estimate of drug-likeness (QED) is 0.898. The number of nitrogens with zero attached hydrogens (tertiary/aromatic N) is 3. The molecule has 2 fully saturated rings. The molecule has 1 unspecified atom stereocenters. The summed E-state index contributed by atoms with van der Waals surface area (Å²) in [4.78, 5) is 32.3. The zero-order valence-electron chi connectivity index (χ0n) is 12.9. The van der Waals surface area contributed by atoms with Gasteiger partial charge in [-0.25, -0.2) is 4.79 Å². The predicted octanol–water partition coefficient (Wildman–Crippen LogP) is 1.41. The van der Waals surface area contributed by atoms with E-state index < -0.39 is 0 Å². The molecular formula is C16H22N4O2. The Morgan fingerprint density at radius 1 is 1.18 bits per heavy atom. The summed E-state index contributed by atoms with van der Waals surface area (Å²) in [5, 5.41) is 3.04. The van der Waals surface area contributed by atoms with Gasteiger partial charge in [0.15, 0.2) is 0 Å². The fourth-order valence-electron chi connectivity index (χ4n) is 3.03. The minimum Gasteiger partial charge on any atom is -0.336 e. The van der Waals surface area contributed by atoms with Gasteiger partial charge in [0.2, 0.25) is 0 Å². The van der Waals surface area contributed by atoms with Crippen molar-refractivity contribution in [2.24, 2.45) is 0 Å². The number of nitrogens with one attached hydrogen (secondary N) is 1. The number of likely N-dealkylation sites (tertiary alicyclic amines) is 2. The van der Waals surface area contributed by atoms with Crippen LogP contribution in [0, 0.1) is 6.92 Å². The lowest BCUT2D eigenvalue weighted by Gasteiger charge is -2.20. The first-order valence-corrected chi connectivity index (χ1v) is 7.91. The Morgan fingerprint density at radius 3 is 2.64 bits per heavy atom. The van der Waals surface area contributed by atoms with E-state index in [1.54, 1.807) is 17.2 Å². The van der Waals surface area contributed by atoms with Crippen molar-refractivity contribution in [2.75, 3.05) is 26.2 Å². The van der Waals surface area contributed by atoms with Crippen molar-refractivity contribution in [1.29, 1.82) is 0 Å². The molecule has 3 heterocycles. The zero-order chi connectivity index (χ0) is 15.5. The number of pyridine rings is 1. The van der Waals surface area contributed by atoms with E-state index in [4.69, 9.17) is 0 Å². The van der Waals surface area contributed by atoms with Crippen LogP contribution in [0.4, 0.5) is 4.79 Å². The molecule has 3 rings (SSSR count). The zero-order valence-corrected chi connectivity index (χ0v) is 12.9. The summed E-state index contributed by atoms with van der Waals surface area (Å²) in [7, 11) is 0. The predicted molar refractivity (Wildman–Crippen MR) is 82.6 cm³/mol. The molecule has 6 nitrogen and oxygen atoms in total. The first-order valence-electron chi connectivity index (χ1n) is 7.91. The van der Waals surface area contributed by atoms with E-state index in [9.17, 15) is 9.59 Å². The summed E-state index contributed by atoms with van der Waals surface area (Å²) in [6.45, 7) is 4.84. The van der Waals surface area contributed by atoms with E-state index in [0.29, 0.717) is 18.7 Å². The van der Waals surface area contributed by atoms with Gasteiger partial charge in [0, 0.05) is 44.1 Å². The van der Waals surface area contributed by atoms with Crippen LogP contribution in [-0.4, -0.2) is 58.9 Å². The Hall–Kier alpha value is -2.11. The second-order valence-electron chi connectivity index (χ2n) is 6.07. The van der Waals surface area contributed by atoms with Gasteiger partial charge in [-0.3, -0.25) is 9.78 Å². The van der Waals surface area contributed by atoms with Crippen molar-refractivity contribution in [2.45, 2.75) is 32.2 Å². The number of aryl methyl sites for hydroxylation is 1. The number of carbonyl (C=O) groups is 2. The van der Waals surface area contributed by atoms with E-state index in [-0.39, 0.29) is 18.0 Å². The van der Waals surface area contributed by atoms with Crippen LogP contribution in [0.2, 0.25) is 0 Å². The van der Waals surface area contributed by atoms with E-state index >= 15 is 0 Å². The molecule has 1 atom stereocenters. The van der Waals surface area contributed by atoms with E-state index in [1.165, 1.54) is 0 Å². The summed E-state index contributed by atoms with van der Waals surface area (Å²) >= 11 is 0. The third-order valence-electron chi connectivity index (χ3n) is 4.35. The highest BCUT2D eigenvalue weighted by Crippen LogP contribution is 2.15. The summed E-state index contributed by atoms with van der Waals surface area (Å²) in [5.41, 5.74) is 1.51. The van der Waals surface area contributed by atoms with Crippen LogP contribution in [0.25, 0.3) is 0 Å². The standard InChI is InChI=1S/C16H22N4O2/c1-12-4-5-13(10-17-12)15(21)20-9-6-14(11-20)18-16(22)19-7-2-3-8-19/h4-5,10,14H,2-3,6-9,11H2,1H3,(H,18,22). The normalized spacial score (nSPS) is 21.2. The number of hydrogen-bond donors (Lipinski definition) is 1. The summed E-state index contributed by atoms with van der Waals surface area (Å²) in [6.07, 6.45) is 4.60. The van der Waals surface area contributed by atoms with Crippen molar-refractivity contribution >= 4 is 11.9 Å². The van der Waals surface area contributed by atoms with Crippen molar-refractivity contribution in [3.05, 3.63) is 29.6 Å². The van der Waals surface area contributed by atoms with Gasteiger partial charge in [-0.05, 0) is 38.3 Å². The van der Waals surface area contributed by atoms with Crippen molar-refractivity contribution < 1.29 is 9.59 Å². The Labute approximate surface area is 130 Å². The molecule has 0 radical (unpaired) electrons. The van der Waals surface area contributed by atoms with Gasteiger partial charge in [0.1, 0.15) is 0 Å². The third-order valence-corrected chi connectivity index (χ3v) is 4.35. The van der Waals surface area contributed by atoms with Crippen LogP contribution in [0.1, 0.15) is 35.3 Å². The molecule has 0 spiro atoms. The molecule has 3 amide bonds. The van der Waals surface area contributed by atoms with Gasteiger partial charge in [0.25, 0.3) is 5.91 Å². The fourth-order valence-corrected chi connectivity index (χ4v) is 3.03. The molecule has 0 aromatic carbocycles. The highest BCUT2D eigenvalue weighted by Gasteiger charge is 2.29. The van der Waals surface area contributed by atoms with E-state index in [0.717, 1.165) is 38.0 Å². The number of rotatable bonds is 2. The fraction of sp³-hybridized carbons (Fsp3) is 0.562. The third kappa shape index (κ3) is 3.21. The lowest BCUT2D eigenvalue weighted by molar-refractivity contribution is 0.0788. The summed E-state index contributed by atoms with van der Waals surface area (Å²) < 4.78 is 0. The molecule has 1 aromatic rings. The van der Waals surface area contributed by atoms with Gasteiger partial charge in [-0.15, -0.1) is 0 Å². The van der Waals surface area contributed by atoms with E-state index in [2.05, 4.69) is 10.3 Å². The van der Waals surface area contributed by atoms with Gasteiger partial charge in [0.05, 0.1) is 5.56 Å². The van der Waals surface area contributed by atoms with Crippen LogP contribution in [0.5, 0.6) is 0 Å². The molecule has 0 bridgehead atoms. The average Bonchev–Trinajstić information content (AvgIpc) is 3.19. The lowest BCUT2D eigenvalue weighted by atomic mass is 10.2. The molecule has 1 N–H and O–H groups in total. The molecule has 6 heteroatoms. The molecule has 22 heavy (non-hydrogen) atoms. The smallest absolute Gasteiger partial charge is 0.317 e. The minimum absolute atomic E-state index is 0.00815. The second-order valence-corrected chi connectivity index (χ2v) is 6.07. The van der Waals surface area contributed by atoms with Gasteiger partial charge < -0.3 is 15.1 Å². The molecule has 1 aromatic heterocycles. The van der Waals surface area contributed by atoms with Crippen LogP contribution in [0.3, 0.4) is 0 Å². The molecule has 0 saturated carbocycles. The molecule has 118 valence electrons. The maximum absolute atomic E-state index is 12.4. The van der Waals surface area contributed by atoms with Crippen LogP contribution in [0.15, 0.2) is 18.3 Å². The number of urea groups is 1. The molecule has 2 saturated heterocycles. The number of hydrogen-bond acceptors (Lipinski definition) is 3. The average molecular weight is 302 g/mol. The van der Waals surface area contributed by atoms with Crippen molar-refractivity contribution in [3.63, 3.8) is 0 Å². The molecule has 2 aliphatic rings. The Balaban J connectivity index is 1.54. The van der Waals surface area contributed by atoms with Gasteiger partial charge in [-0.1, -0.05) is 0 Å². The largest absolute Gasteiger partial charge is 0.336 e. The lowest BCUT2D eigenvalue weighted by Crippen LogP contribution is -2.45. The summed E-state index contributed by atoms with van der Waals surface area (Å²) in [5.74, 6) is -0.00887. The SMILES string of the molecule is Cc1ccc(C(=O)N2CCC(NC(=O)N3CCCC3)C2)cn1. The number of amides is 3. The Bertz CT molecular complexity index is 552. The molecular weight excluding hydrogens is 280 g/mol. The molecule has 0 aliphatic carbocycles.